The molecule has 0 aliphatic heterocycles. The highest BCUT2D eigenvalue weighted by Gasteiger charge is 2.11. The van der Waals surface area contributed by atoms with Crippen molar-refractivity contribution >= 4 is 38.3 Å². The topological polar surface area (TPSA) is 29.1 Å². The fourth-order valence-corrected chi connectivity index (χ4v) is 3.55. The summed E-state index contributed by atoms with van der Waals surface area (Å²) in [5.41, 5.74) is 3.71. The molecule has 1 amide bonds. The number of anilines is 1. The van der Waals surface area contributed by atoms with E-state index in [0.717, 1.165) is 26.5 Å². The highest BCUT2D eigenvalue weighted by atomic mass is 79.9. The van der Waals surface area contributed by atoms with Crippen molar-refractivity contribution in [1.29, 1.82) is 0 Å². The van der Waals surface area contributed by atoms with Crippen LogP contribution in [0.4, 0.5) is 5.69 Å². The van der Waals surface area contributed by atoms with Crippen LogP contribution < -0.4 is 5.32 Å². The zero-order chi connectivity index (χ0) is 17.9. The fraction of sp³-hybridized carbons (Fsp3) is 0. The first-order valence-electron chi connectivity index (χ1n) is 8.36. The van der Waals surface area contributed by atoms with Crippen LogP contribution in [-0.2, 0) is 0 Å². The lowest BCUT2D eigenvalue weighted by Gasteiger charge is -2.11. The van der Waals surface area contributed by atoms with Crippen molar-refractivity contribution in [3.8, 4) is 11.1 Å². The molecule has 0 radical (unpaired) electrons. The first kappa shape index (κ1) is 16.6. The molecule has 4 aromatic rings. The molecule has 0 atom stereocenters. The van der Waals surface area contributed by atoms with Gasteiger partial charge in [-0.2, -0.15) is 0 Å². The average molecular weight is 402 g/mol. The second kappa shape index (κ2) is 7.14. The van der Waals surface area contributed by atoms with E-state index in [2.05, 4.69) is 51.6 Å². The summed E-state index contributed by atoms with van der Waals surface area (Å²) < 4.78 is 0.886. The molecule has 0 aromatic heterocycles. The third-order valence-corrected chi connectivity index (χ3v) is 5.20. The van der Waals surface area contributed by atoms with Crippen molar-refractivity contribution in [2.24, 2.45) is 0 Å². The molecule has 0 aliphatic carbocycles. The Labute approximate surface area is 160 Å². The molecule has 26 heavy (non-hydrogen) atoms. The minimum atomic E-state index is -0.120. The van der Waals surface area contributed by atoms with Crippen molar-refractivity contribution in [3.63, 3.8) is 0 Å². The normalized spacial score (nSPS) is 10.7. The highest BCUT2D eigenvalue weighted by molar-refractivity contribution is 9.10. The largest absolute Gasteiger partial charge is 0.321 e. The monoisotopic (exact) mass is 401 g/mol. The average Bonchev–Trinajstić information content (AvgIpc) is 2.71. The molecule has 0 saturated heterocycles. The number of halogens is 1. The number of carbonyl (C=O) groups excluding carboxylic acids is 1. The molecule has 0 saturated carbocycles. The zero-order valence-corrected chi connectivity index (χ0v) is 15.5. The van der Waals surface area contributed by atoms with Crippen LogP contribution in [0.15, 0.2) is 95.5 Å². The summed E-state index contributed by atoms with van der Waals surface area (Å²) in [5, 5.41) is 5.18. The molecule has 2 nitrogen and oxygen atoms in total. The van der Waals surface area contributed by atoms with Gasteiger partial charge in [0.25, 0.3) is 5.91 Å². The molecule has 4 aromatic carbocycles. The Bertz CT molecular complexity index is 1080. The van der Waals surface area contributed by atoms with Crippen LogP contribution in [0, 0.1) is 0 Å². The van der Waals surface area contributed by atoms with E-state index in [1.54, 1.807) is 12.1 Å². The second-order valence-corrected chi connectivity index (χ2v) is 6.84. The van der Waals surface area contributed by atoms with Crippen molar-refractivity contribution < 1.29 is 4.79 Å². The second-order valence-electron chi connectivity index (χ2n) is 6.05. The van der Waals surface area contributed by atoms with Crippen LogP contribution in [-0.4, -0.2) is 5.91 Å². The number of hydrogen-bond acceptors (Lipinski definition) is 1. The molecule has 0 heterocycles. The fourth-order valence-electron chi connectivity index (χ4n) is 2.97. The number of amides is 1. The van der Waals surface area contributed by atoms with Gasteiger partial charge in [-0.1, -0.05) is 66.7 Å². The summed E-state index contributed by atoms with van der Waals surface area (Å²) in [6, 6.07) is 29.8. The van der Waals surface area contributed by atoms with Crippen LogP contribution in [0.1, 0.15) is 10.4 Å². The summed E-state index contributed by atoms with van der Waals surface area (Å²) >= 11 is 3.67. The van der Waals surface area contributed by atoms with Gasteiger partial charge in [-0.05, 0) is 62.1 Å². The quantitative estimate of drug-likeness (QED) is 0.415. The van der Waals surface area contributed by atoms with Gasteiger partial charge in [-0.3, -0.25) is 4.79 Å². The molecule has 1 N–H and O–H groups in total. The van der Waals surface area contributed by atoms with Gasteiger partial charge < -0.3 is 5.32 Å². The molecule has 3 heteroatoms. The number of hydrogen-bond donors (Lipinski definition) is 1. The van der Waals surface area contributed by atoms with Gasteiger partial charge in [0.15, 0.2) is 0 Å². The number of benzene rings is 4. The number of fused-ring (bicyclic) bond motifs is 1. The minimum absolute atomic E-state index is 0.120. The third kappa shape index (κ3) is 3.26. The van der Waals surface area contributed by atoms with Gasteiger partial charge in [-0.15, -0.1) is 0 Å². The SMILES string of the molecule is O=C(Nc1ccc2ccc(-c3ccccc3)cc2c1Br)c1ccccc1. The van der Waals surface area contributed by atoms with Crippen molar-refractivity contribution in [2.75, 3.05) is 5.32 Å². The van der Waals surface area contributed by atoms with Crippen LogP contribution in [0.25, 0.3) is 21.9 Å². The standard InChI is InChI=1S/C23H16BrNO/c24-22-20-15-19(16-7-3-1-4-8-16)12-11-17(20)13-14-21(22)25-23(26)18-9-5-2-6-10-18/h1-15H,(H,25,26). The predicted molar refractivity (Wildman–Crippen MR) is 111 cm³/mol. The van der Waals surface area contributed by atoms with Gasteiger partial charge in [0.2, 0.25) is 0 Å². The van der Waals surface area contributed by atoms with Crippen molar-refractivity contribution in [2.45, 2.75) is 0 Å². The maximum absolute atomic E-state index is 12.5. The van der Waals surface area contributed by atoms with E-state index in [4.69, 9.17) is 0 Å². The van der Waals surface area contributed by atoms with Crippen LogP contribution in [0.3, 0.4) is 0 Å². The van der Waals surface area contributed by atoms with E-state index in [1.807, 2.05) is 48.5 Å². The van der Waals surface area contributed by atoms with E-state index in [1.165, 1.54) is 5.56 Å². The Kier molecular flexibility index (Phi) is 4.55. The van der Waals surface area contributed by atoms with E-state index in [9.17, 15) is 4.79 Å². The molecule has 126 valence electrons. The minimum Gasteiger partial charge on any atom is -0.321 e. The Balaban J connectivity index is 1.73. The molecule has 0 unspecified atom stereocenters. The Morgan fingerprint density at radius 2 is 1.38 bits per heavy atom. The Morgan fingerprint density at radius 3 is 2.12 bits per heavy atom. The molecule has 4 rings (SSSR count). The predicted octanol–water partition coefficient (Wildman–Crippen LogP) is 6.52. The van der Waals surface area contributed by atoms with Gasteiger partial charge in [0, 0.05) is 10.0 Å². The van der Waals surface area contributed by atoms with E-state index >= 15 is 0 Å². The van der Waals surface area contributed by atoms with E-state index in [0.29, 0.717) is 5.56 Å². The number of carbonyl (C=O) groups is 1. The molecule has 0 aliphatic rings. The smallest absolute Gasteiger partial charge is 0.255 e. The summed E-state index contributed by atoms with van der Waals surface area (Å²) in [7, 11) is 0. The van der Waals surface area contributed by atoms with Gasteiger partial charge in [0.1, 0.15) is 0 Å². The highest BCUT2D eigenvalue weighted by Crippen LogP contribution is 2.34. The maximum Gasteiger partial charge on any atom is 0.255 e. The maximum atomic E-state index is 12.5. The lowest BCUT2D eigenvalue weighted by atomic mass is 10.0. The molecular formula is C23H16BrNO. The Hall–Kier alpha value is -2.91. The summed E-state index contributed by atoms with van der Waals surface area (Å²) in [6.45, 7) is 0. The lowest BCUT2D eigenvalue weighted by molar-refractivity contribution is 0.102. The van der Waals surface area contributed by atoms with Crippen LogP contribution in [0.5, 0.6) is 0 Å². The van der Waals surface area contributed by atoms with Crippen molar-refractivity contribution in [1.82, 2.24) is 0 Å². The third-order valence-electron chi connectivity index (χ3n) is 4.35. The summed E-state index contributed by atoms with van der Waals surface area (Å²) in [6.07, 6.45) is 0. The van der Waals surface area contributed by atoms with Crippen LogP contribution in [0.2, 0.25) is 0 Å². The van der Waals surface area contributed by atoms with Crippen molar-refractivity contribution in [3.05, 3.63) is 101 Å². The van der Waals surface area contributed by atoms with E-state index in [-0.39, 0.29) is 5.91 Å². The lowest BCUT2D eigenvalue weighted by Crippen LogP contribution is -2.12. The van der Waals surface area contributed by atoms with Gasteiger partial charge in [-0.25, -0.2) is 0 Å². The van der Waals surface area contributed by atoms with Crippen LogP contribution >= 0.6 is 15.9 Å². The first-order chi connectivity index (χ1) is 12.7. The summed E-state index contributed by atoms with van der Waals surface area (Å²) in [5.74, 6) is -0.120. The summed E-state index contributed by atoms with van der Waals surface area (Å²) in [4.78, 5) is 12.5. The molecule has 0 fully saturated rings. The van der Waals surface area contributed by atoms with Gasteiger partial charge >= 0.3 is 0 Å². The zero-order valence-electron chi connectivity index (χ0n) is 13.9. The van der Waals surface area contributed by atoms with Gasteiger partial charge in [0.05, 0.1) is 5.69 Å². The molecular weight excluding hydrogens is 386 g/mol. The molecule has 0 spiro atoms. The molecule has 0 bridgehead atoms. The Morgan fingerprint density at radius 1 is 0.731 bits per heavy atom. The number of nitrogens with one attached hydrogen (secondary N) is 1. The number of rotatable bonds is 3. The first-order valence-corrected chi connectivity index (χ1v) is 9.16. The van der Waals surface area contributed by atoms with E-state index < -0.39 is 0 Å².